The van der Waals surface area contributed by atoms with Crippen LogP contribution in [0.15, 0.2) is 41.3 Å². The summed E-state index contributed by atoms with van der Waals surface area (Å²) < 4.78 is 42.2. The molecule has 0 N–H and O–H groups in total. The van der Waals surface area contributed by atoms with Crippen molar-refractivity contribution in [2.24, 2.45) is 0 Å². The van der Waals surface area contributed by atoms with Gasteiger partial charge in [0.25, 0.3) is 0 Å². The highest BCUT2D eigenvalue weighted by molar-refractivity contribution is 8.17. The molecular formula is C17H19F3OS. The molecule has 2 aromatic carbocycles. The number of hydrogen-bond acceptors (Lipinski definition) is 1. The Bertz CT molecular complexity index is 648. The van der Waals surface area contributed by atoms with Crippen LogP contribution in [0, 0.1) is 0 Å². The zero-order valence-electron chi connectivity index (χ0n) is 12.2. The van der Waals surface area contributed by atoms with Crippen molar-refractivity contribution in [2.45, 2.75) is 30.3 Å². The molecule has 0 aromatic heterocycles. The predicted molar refractivity (Wildman–Crippen MR) is 86.3 cm³/mol. The lowest BCUT2D eigenvalue weighted by molar-refractivity contribution is -0.153. The van der Waals surface area contributed by atoms with E-state index in [4.69, 9.17) is 4.74 Å². The van der Waals surface area contributed by atoms with Crippen molar-refractivity contribution in [2.75, 3.05) is 18.1 Å². The summed E-state index contributed by atoms with van der Waals surface area (Å²) in [5, 5.41) is 1.84. The topological polar surface area (TPSA) is 9.23 Å². The van der Waals surface area contributed by atoms with Crippen LogP contribution in [0.25, 0.3) is 10.8 Å². The molecular weight excluding hydrogens is 309 g/mol. The second kappa shape index (κ2) is 6.41. The molecule has 0 bridgehead atoms. The number of halogens is 3. The normalized spacial score (nSPS) is 17.7. The van der Waals surface area contributed by atoms with Crippen molar-refractivity contribution in [3.8, 4) is 5.75 Å². The highest BCUT2D eigenvalue weighted by Gasteiger charge is 2.28. The number of ether oxygens (including phenoxy) is 1. The summed E-state index contributed by atoms with van der Waals surface area (Å²) >= 11 is 0. The van der Waals surface area contributed by atoms with E-state index >= 15 is 0 Å². The summed E-state index contributed by atoms with van der Waals surface area (Å²) in [7, 11) is -0.189. The molecule has 0 unspecified atom stereocenters. The Balaban J connectivity index is 1.96. The first-order valence-electron chi connectivity index (χ1n) is 7.51. The SMILES string of the molecule is FC(F)(F)COc1ccc([SH]2CCCCC2)c2ccccc12. The van der Waals surface area contributed by atoms with E-state index in [9.17, 15) is 13.2 Å². The summed E-state index contributed by atoms with van der Waals surface area (Å²) in [5.74, 6) is 2.77. The maximum absolute atomic E-state index is 12.4. The Morgan fingerprint density at radius 2 is 1.59 bits per heavy atom. The highest BCUT2D eigenvalue weighted by atomic mass is 32.2. The first-order valence-corrected chi connectivity index (χ1v) is 9.22. The molecule has 1 fully saturated rings. The van der Waals surface area contributed by atoms with E-state index in [0.29, 0.717) is 5.75 Å². The third kappa shape index (κ3) is 3.51. The van der Waals surface area contributed by atoms with Crippen molar-refractivity contribution in [1.82, 2.24) is 0 Å². The maximum Gasteiger partial charge on any atom is 0.422 e. The van der Waals surface area contributed by atoms with Gasteiger partial charge >= 0.3 is 6.18 Å². The fraction of sp³-hybridized carbons (Fsp3) is 0.412. The number of thiol groups is 1. The van der Waals surface area contributed by atoms with Crippen LogP contribution in [-0.2, 0) is 0 Å². The van der Waals surface area contributed by atoms with Crippen LogP contribution in [-0.4, -0.2) is 24.3 Å². The van der Waals surface area contributed by atoms with Gasteiger partial charge in [-0.15, -0.1) is 0 Å². The van der Waals surface area contributed by atoms with Gasteiger partial charge in [-0.2, -0.15) is 13.2 Å². The highest BCUT2D eigenvalue weighted by Crippen LogP contribution is 2.46. The molecule has 0 aliphatic carbocycles. The smallest absolute Gasteiger partial charge is 0.422 e. The van der Waals surface area contributed by atoms with Crippen LogP contribution < -0.4 is 4.74 Å². The minimum absolute atomic E-state index is 0.189. The van der Waals surface area contributed by atoms with Gasteiger partial charge in [0.1, 0.15) is 5.75 Å². The van der Waals surface area contributed by atoms with Crippen LogP contribution in [0.1, 0.15) is 19.3 Å². The molecule has 2 aromatic rings. The molecule has 1 aliphatic heterocycles. The van der Waals surface area contributed by atoms with E-state index in [1.807, 2.05) is 30.3 Å². The molecule has 5 heteroatoms. The number of rotatable bonds is 3. The van der Waals surface area contributed by atoms with Gasteiger partial charge in [0, 0.05) is 5.39 Å². The molecule has 22 heavy (non-hydrogen) atoms. The number of benzene rings is 2. The zero-order valence-corrected chi connectivity index (χ0v) is 13.1. The Morgan fingerprint density at radius 3 is 2.27 bits per heavy atom. The van der Waals surface area contributed by atoms with Gasteiger partial charge in [-0.25, -0.2) is 10.9 Å². The summed E-state index contributed by atoms with van der Waals surface area (Å²) in [5.41, 5.74) is 0. The van der Waals surface area contributed by atoms with Crippen LogP contribution in [0.3, 0.4) is 0 Å². The van der Waals surface area contributed by atoms with E-state index in [1.165, 1.54) is 35.7 Å². The number of hydrogen-bond donors (Lipinski definition) is 1. The molecule has 1 nitrogen and oxygen atoms in total. The van der Waals surface area contributed by atoms with Gasteiger partial charge in [0.05, 0.1) is 0 Å². The maximum atomic E-state index is 12.4. The van der Waals surface area contributed by atoms with Crippen molar-refractivity contribution in [1.29, 1.82) is 0 Å². The standard InChI is InChI=1S/C17H19F3OS/c18-17(19,20)12-21-15-8-9-16(22-10-4-1-5-11-22)14-7-3-2-6-13(14)15/h2-3,6-9,22H,1,4-5,10-12H2. The lowest BCUT2D eigenvalue weighted by atomic mass is 10.1. The second-order valence-corrected chi connectivity index (χ2v) is 8.04. The third-order valence-electron chi connectivity index (χ3n) is 3.95. The quantitative estimate of drug-likeness (QED) is 0.750. The van der Waals surface area contributed by atoms with E-state index in [1.54, 1.807) is 6.07 Å². The van der Waals surface area contributed by atoms with Crippen LogP contribution in [0.4, 0.5) is 13.2 Å². The fourth-order valence-corrected chi connectivity index (χ4v) is 5.69. The minimum atomic E-state index is -4.31. The lowest BCUT2D eigenvalue weighted by Crippen LogP contribution is -2.19. The zero-order chi connectivity index (χ0) is 15.6. The predicted octanol–water partition coefficient (Wildman–Crippen LogP) is 5.32. The van der Waals surface area contributed by atoms with Gasteiger partial charge in [0.2, 0.25) is 0 Å². The molecule has 0 saturated carbocycles. The average molecular weight is 328 g/mol. The molecule has 0 radical (unpaired) electrons. The van der Waals surface area contributed by atoms with Crippen LogP contribution in [0.2, 0.25) is 0 Å². The van der Waals surface area contributed by atoms with Crippen molar-refractivity contribution >= 4 is 21.7 Å². The largest absolute Gasteiger partial charge is 0.483 e. The van der Waals surface area contributed by atoms with E-state index < -0.39 is 12.8 Å². The van der Waals surface area contributed by atoms with Crippen molar-refractivity contribution in [3.05, 3.63) is 36.4 Å². The van der Waals surface area contributed by atoms with Gasteiger partial charge < -0.3 is 4.74 Å². The average Bonchev–Trinajstić information content (AvgIpc) is 2.52. The Morgan fingerprint density at radius 1 is 0.909 bits per heavy atom. The molecule has 0 atom stereocenters. The molecule has 3 rings (SSSR count). The summed E-state index contributed by atoms with van der Waals surface area (Å²) in [6.07, 6.45) is -0.504. The van der Waals surface area contributed by atoms with E-state index in [2.05, 4.69) is 0 Å². The Kier molecular flexibility index (Phi) is 4.52. The van der Waals surface area contributed by atoms with Crippen molar-refractivity contribution in [3.63, 3.8) is 0 Å². The fourth-order valence-electron chi connectivity index (χ4n) is 2.95. The summed E-state index contributed by atoms with van der Waals surface area (Å²) in [6.45, 7) is -1.24. The Labute approximate surface area is 130 Å². The lowest BCUT2D eigenvalue weighted by Gasteiger charge is -2.28. The molecule has 1 aliphatic rings. The van der Waals surface area contributed by atoms with Gasteiger partial charge in [0.15, 0.2) is 6.61 Å². The molecule has 0 amide bonds. The van der Waals surface area contributed by atoms with Gasteiger partial charge in [-0.05, 0) is 46.8 Å². The van der Waals surface area contributed by atoms with E-state index in [0.717, 1.165) is 10.8 Å². The van der Waals surface area contributed by atoms with Gasteiger partial charge in [-0.1, -0.05) is 30.7 Å². The van der Waals surface area contributed by atoms with Gasteiger partial charge in [-0.3, -0.25) is 0 Å². The second-order valence-electron chi connectivity index (χ2n) is 5.58. The molecule has 120 valence electrons. The first-order chi connectivity index (χ1) is 10.5. The first kappa shape index (κ1) is 15.5. The van der Waals surface area contributed by atoms with Crippen LogP contribution >= 0.6 is 10.9 Å². The minimum Gasteiger partial charge on any atom is -0.483 e. The van der Waals surface area contributed by atoms with Crippen molar-refractivity contribution < 1.29 is 17.9 Å². The van der Waals surface area contributed by atoms with E-state index in [-0.39, 0.29) is 10.9 Å². The third-order valence-corrected chi connectivity index (χ3v) is 6.73. The number of fused-ring (bicyclic) bond motifs is 1. The molecule has 0 spiro atoms. The Hall–Kier alpha value is -1.36. The number of alkyl halides is 3. The molecule has 1 saturated heterocycles. The molecule has 1 heterocycles. The summed E-state index contributed by atoms with van der Waals surface area (Å²) in [4.78, 5) is 1.31. The summed E-state index contributed by atoms with van der Waals surface area (Å²) in [6, 6.07) is 11.3. The monoisotopic (exact) mass is 328 g/mol. The van der Waals surface area contributed by atoms with Crippen LogP contribution in [0.5, 0.6) is 5.75 Å².